The zero-order valence-electron chi connectivity index (χ0n) is 16.7. The maximum atomic E-state index is 12.5. The molecule has 2 rings (SSSR count). The lowest BCUT2D eigenvalue weighted by molar-refractivity contribution is 0.00170. The van der Waals surface area contributed by atoms with Crippen molar-refractivity contribution in [2.45, 2.75) is 91.7 Å². The maximum absolute atomic E-state index is 12.5. The number of likely N-dealkylation sites (tertiary alicyclic amines) is 1. The van der Waals surface area contributed by atoms with Crippen molar-refractivity contribution >= 4 is 6.09 Å². The molecule has 0 aromatic heterocycles. The summed E-state index contributed by atoms with van der Waals surface area (Å²) >= 11 is 0. The lowest BCUT2D eigenvalue weighted by Crippen LogP contribution is -2.52. The molecule has 0 aromatic carbocycles. The lowest BCUT2D eigenvalue weighted by atomic mass is 9.76. The van der Waals surface area contributed by atoms with Gasteiger partial charge in [-0.15, -0.1) is 0 Å². The fourth-order valence-electron chi connectivity index (χ4n) is 3.90. The molecule has 2 atom stereocenters. The Kier molecular flexibility index (Phi) is 5.89. The van der Waals surface area contributed by atoms with E-state index in [2.05, 4.69) is 26.1 Å². The van der Waals surface area contributed by atoms with Crippen LogP contribution >= 0.6 is 0 Å². The summed E-state index contributed by atoms with van der Waals surface area (Å²) in [6.07, 6.45) is 7.14. The minimum Gasteiger partial charge on any atom is -0.444 e. The molecule has 0 aromatic rings. The normalized spacial score (nSPS) is 27.7. The molecule has 0 bridgehead atoms. The second kappa shape index (κ2) is 7.23. The summed E-state index contributed by atoms with van der Waals surface area (Å²) in [5.41, 5.74) is 0.269. The third-order valence-electron chi connectivity index (χ3n) is 5.96. The fraction of sp³-hybridized carbons (Fsp3) is 0.950. The smallest absolute Gasteiger partial charge is 0.410 e. The van der Waals surface area contributed by atoms with Gasteiger partial charge in [0.25, 0.3) is 0 Å². The number of carbonyl (C=O) groups excluding carboxylic acids is 1. The van der Waals surface area contributed by atoms with Crippen molar-refractivity contribution in [1.29, 1.82) is 0 Å². The second-order valence-corrected chi connectivity index (χ2v) is 9.51. The highest BCUT2D eigenvalue weighted by Crippen LogP contribution is 2.48. The summed E-state index contributed by atoms with van der Waals surface area (Å²) in [6, 6.07) is 0.558. The molecule has 24 heavy (non-hydrogen) atoms. The third-order valence-corrected chi connectivity index (χ3v) is 5.96. The van der Waals surface area contributed by atoms with E-state index in [9.17, 15) is 4.79 Å². The first-order valence-electron chi connectivity index (χ1n) is 9.81. The van der Waals surface area contributed by atoms with Crippen LogP contribution in [0.1, 0.15) is 80.1 Å². The number of nitrogens with one attached hydrogen (secondary N) is 1. The number of ether oxygens (including phenoxy) is 1. The predicted octanol–water partition coefficient (Wildman–Crippen LogP) is 4.58. The Balaban J connectivity index is 1.98. The van der Waals surface area contributed by atoms with Crippen LogP contribution in [-0.2, 0) is 4.74 Å². The molecule has 2 unspecified atom stereocenters. The molecule has 1 saturated heterocycles. The van der Waals surface area contributed by atoms with Crippen LogP contribution < -0.4 is 5.32 Å². The molecule has 1 N–H and O–H groups in total. The standard InChI is InChI=1S/C20H38N2O2/c1-7-9-20(14-21-16(2)19(6)11-12-19)10-8-13-22(15-20)17(23)24-18(3,4)5/h16,21H,7-15H2,1-6H3. The largest absolute Gasteiger partial charge is 0.444 e. The molecule has 1 aliphatic carbocycles. The Morgan fingerprint density at radius 1 is 1.29 bits per heavy atom. The van der Waals surface area contributed by atoms with Crippen molar-refractivity contribution < 1.29 is 9.53 Å². The predicted molar refractivity (Wildman–Crippen MR) is 99.2 cm³/mol. The molecular formula is C20H38N2O2. The van der Waals surface area contributed by atoms with Gasteiger partial charge in [0.05, 0.1) is 0 Å². The number of hydrogen-bond donors (Lipinski definition) is 1. The van der Waals surface area contributed by atoms with Crippen LogP contribution in [-0.4, -0.2) is 42.3 Å². The van der Waals surface area contributed by atoms with Crippen molar-refractivity contribution in [3.63, 3.8) is 0 Å². The minimum absolute atomic E-state index is 0.148. The third kappa shape index (κ3) is 5.11. The van der Waals surface area contributed by atoms with Crippen LogP contribution in [0.5, 0.6) is 0 Å². The van der Waals surface area contributed by atoms with Crippen LogP contribution in [0, 0.1) is 10.8 Å². The van der Waals surface area contributed by atoms with Crippen molar-refractivity contribution in [2.75, 3.05) is 19.6 Å². The SMILES string of the molecule is CCCC1(CNC(C)C2(C)CC2)CCCN(C(=O)OC(C)(C)C)C1. The quantitative estimate of drug-likeness (QED) is 0.770. The molecular weight excluding hydrogens is 300 g/mol. The summed E-state index contributed by atoms with van der Waals surface area (Å²) in [5.74, 6) is 0. The van der Waals surface area contributed by atoms with Gasteiger partial charge in [-0.1, -0.05) is 20.3 Å². The number of nitrogens with zero attached hydrogens (tertiary/aromatic N) is 1. The van der Waals surface area contributed by atoms with Gasteiger partial charge in [-0.3, -0.25) is 0 Å². The van der Waals surface area contributed by atoms with Crippen molar-refractivity contribution in [3.05, 3.63) is 0 Å². The summed E-state index contributed by atoms with van der Waals surface area (Å²) in [4.78, 5) is 14.4. The van der Waals surface area contributed by atoms with Crippen LogP contribution in [0.2, 0.25) is 0 Å². The van der Waals surface area contributed by atoms with E-state index in [-0.39, 0.29) is 11.5 Å². The molecule has 1 saturated carbocycles. The summed E-state index contributed by atoms with van der Waals surface area (Å²) in [5, 5.41) is 3.81. The monoisotopic (exact) mass is 338 g/mol. The van der Waals surface area contributed by atoms with Crippen LogP contribution in [0.4, 0.5) is 4.79 Å². The van der Waals surface area contributed by atoms with E-state index in [0.717, 1.165) is 32.5 Å². The Labute approximate surface area is 148 Å². The maximum Gasteiger partial charge on any atom is 0.410 e. The first kappa shape index (κ1) is 19.6. The van der Waals surface area contributed by atoms with Crippen molar-refractivity contribution in [1.82, 2.24) is 10.2 Å². The van der Waals surface area contributed by atoms with Gasteiger partial charge >= 0.3 is 6.09 Å². The molecule has 2 fully saturated rings. The molecule has 1 heterocycles. The lowest BCUT2D eigenvalue weighted by Gasteiger charge is -2.44. The Morgan fingerprint density at radius 2 is 1.96 bits per heavy atom. The number of carbonyl (C=O) groups is 1. The molecule has 1 amide bonds. The average Bonchev–Trinajstić information content (AvgIpc) is 3.23. The van der Waals surface area contributed by atoms with E-state index in [1.54, 1.807) is 0 Å². The van der Waals surface area contributed by atoms with E-state index in [0.29, 0.717) is 11.5 Å². The second-order valence-electron chi connectivity index (χ2n) is 9.51. The highest BCUT2D eigenvalue weighted by atomic mass is 16.6. The van der Waals surface area contributed by atoms with E-state index < -0.39 is 5.60 Å². The number of piperidine rings is 1. The summed E-state index contributed by atoms with van der Waals surface area (Å²) < 4.78 is 5.61. The van der Waals surface area contributed by atoms with Crippen molar-refractivity contribution in [3.8, 4) is 0 Å². The Hall–Kier alpha value is -0.770. The summed E-state index contributed by atoms with van der Waals surface area (Å²) in [7, 11) is 0. The number of amides is 1. The molecule has 4 nitrogen and oxygen atoms in total. The van der Waals surface area contributed by atoms with E-state index in [1.165, 1.54) is 25.7 Å². The van der Waals surface area contributed by atoms with Gasteiger partial charge in [-0.05, 0) is 65.2 Å². The fourth-order valence-corrected chi connectivity index (χ4v) is 3.90. The highest BCUT2D eigenvalue weighted by molar-refractivity contribution is 5.68. The van der Waals surface area contributed by atoms with Gasteiger partial charge in [-0.2, -0.15) is 0 Å². The van der Waals surface area contributed by atoms with Gasteiger partial charge in [0.2, 0.25) is 0 Å². The van der Waals surface area contributed by atoms with Gasteiger partial charge in [0.1, 0.15) is 5.60 Å². The van der Waals surface area contributed by atoms with Crippen LogP contribution in [0.15, 0.2) is 0 Å². The average molecular weight is 339 g/mol. The zero-order valence-corrected chi connectivity index (χ0v) is 16.7. The van der Waals surface area contributed by atoms with Gasteiger partial charge in [0.15, 0.2) is 0 Å². The van der Waals surface area contributed by atoms with Crippen LogP contribution in [0.25, 0.3) is 0 Å². The van der Waals surface area contributed by atoms with Gasteiger partial charge in [0, 0.05) is 31.1 Å². The van der Waals surface area contributed by atoms with Crippen LogP contribution in [0.3, 0.4) is 0 Å². The number of hydrogen-bond acceptors (Lipinski definition) is 3. The van der Waals surface area contributed by atoms with Gasteiger partial charge in [-0.25, -0.2) is 4.79 Å². The van der Waals surface area contributed by atoms with E-state index in [1.807, 2.05) is 25.7 Å². The van der Waals surface area contributed by atoms with Gasteiger partial charge < -0.3 is 15.0 Å². The number of rotatable bonds is 6. The first-order valence-corrected chi connectivity index (χ1v) is 9.81. The first-order chi connectivity index (χ1) is 11.1. The molecule has 0 spiro atoms. The van der Waals surface area contributed by atoms with E-state index >= 15 is 0 Å². The minimum atomic E-state index is -0.421. The Bertz CT molecular complexity index is 435. The van der Waals surface area contributed by atoms with E-state index in [4.69, 9.17) is 4.74 Å². The topological polar surface area (TPSA) is 41.6 Å². The van der Waals surface area contributed by atoms with Crippen molar-refractivity contribution in [2.24, 2.45) is 10.8 Å². The molecule has 1 aliphatic heterocycles. The highest BCUT2D eigenvalue weighted by Gasteiger charge is 2.44. The molecule has 4 heteroatoms. The molecule has 0 radical (unpaired) electrons. The Morgan fingerprint density at radius 3 is 2.50 bits per heavy atom. The summed E-state index contributed by atoms with van der Waals surface area (Å²) in [6.45, 7) is 15.4. The molecule has 140 valence electrons. The molecule has 2 aliphatic rings. The zero-order chi connectivity index (χ0) is 18.0.